The van der Waals surface area contributed by atoms with Crippen LogP contribution in [0.2, 0.25) is 0 Å². The van der Waals surface area contributed by atoms with Crippen molar-refractivity contribution in [3.05, 3.63) is 40.9 Å². The van der Waals surface area contributed by atoms with Crippen LogP contribution in [0.1, 0.15) is 42.7 Å². The monoisotopic (exact) mass is 427 g/mol. The number of carbonyl (C=O) groups excluding carboxylic acids is 3. The van der Waals surface area contributed by atoms with Gasteiger partial charge in [0.25, 0.3) is 5.91 Å². The highest BCUT2D eigenvalue weighted by Gasteiger charge is 2.55. The molecule has 1 aromatic heterocycles. The maximum Gasteiger partial charge on any atom is 0.269 e. The van der Waals surface area contributed by atoms with Crippen LogP contribution in [0.15, 0.2) is 29.6 Å². The topological polar surface area (TPSA) is 110 Å². The van der Waals surface area contributed by atoms with Crippen LogP contribution in [0.3, 0.4) is 0 Å². The third kappa shape index (κ3) is 3.92. The first-order valence-electron chi connectivity index (χ1n) is 10.3. The van der Waals surface area contributed by atoms with Crippen molar-refractivity contribution in [2.75, 3.05) is 6.54 Å². The van der Waals surface area contributed by atoms with Gasteiger partial charge in [0.1, 0.15) is 18.4 Å². The van der Waals surface area contributed by atoms with E-state index in [2.05, 4.69) is 10.4 Å². The number of allylic oxidation sites excluding steroid dienone is 1. The lowest BCUT2D eigenvalue weighted by molar-refractivity contribution is -0.140. The highest BCUT2D eigenvalue weighted by atomic mass is 19.1. The molecule has 0 bridgehead atoms. The SMILES string of the molecule is CC(C)=C(F)CNC(=O)[C@@H]1C[C@H]2C[C@H]2N1C(=O)Cn1nc(C(N)=O)c2ccc(C)cc21. The summed E-state index contributed by atoms with van der Waals surface area (Å²) in [5.74, 6) is -1.36. The van der Waals surface area contributed by atoms with E-state index < -0.39 is 11.9 Å². The first kappa shape index (κ1) is 21.0. The average Bonchev–Trinajstić information content (AvgIpc) is 3.23. The molecule has 8 nitrogen and oxygen atoms in total. The quantitative estimate of drug-likeness (QED) is 0.733. The highest BCUT2D eigenvalue weighted by Crippen LogP contribution is 2.48. The van der Waals surface area contributed by atoms with Crippen molar-refractivity contribution >= 4 is 28.6 Å². The number of nitrogens with two attached hydrogens (primary N) is 1. The number of hydrogen-bond acceptors (Lipinski definition) is 4. The molecule has 2 fully saturated rings. The minimum absolute atomic E-state index is 0.0238. The zero-order valence-corrected chi connectivity index (χ0v) is 17.8. The predicted octanol–water partition coefficient (Wildman–Crippen LogP) is 1.81. The Hall–Kier alpha value is -3.23. The van der Waals surface area contributed by atoms with E-state index in [0.29, 0.717) is 28.8 Å². The third-order valence-corrected chi connectivity index (χ3v) is 6.08. The molecule has 0 spiro atoms. The number of halogens is 1. The van der Waals surface area contributed by atoms with Gasteiger partial charge in [-0.15, -0.1) is 0 Å². The number of piperidine rings is 1. The van der Waals surface area contributed by atoms with Crippen LogP contribution in [0.4, 0.5) is 4.39 Å². The maximum atomic E-state index is 13.8. The lowest BCUT2D eigenvalue weighted by atomic mass is 10.1. The van der Waals surface area contributed by atoms with Crippen LogP contribution in [0.5, 0.6) is 0 Å². The van der Waals surface area contributed by atoms with Crippen LogP contribution in [-0.2, 0) is 16.1 Å². The number of likely N-dealkylation sites (tertiary alicyclic amines) is 1. The number of rotatable bonds is 6. The summed E-state index contributed by atoms with van der Waals surface area (Å²) >= 11 is 0. The summed E-state index contributed by atoms with van der Waals surface area (Å²) in [4.78, 5) is 39.3. The van der Waals surface area contributed by atoms with Gasteiger partial charge in [-0.1, -0.05) is 12.1 Å². The van der Waals surface area contributed by atoms with Gasteiger partial charge in [-0.3, -0.25) is 19.1 Å². The smallest absolute Gasteiger partial charge is 0.269 e. The highest BCUT2D eigenvalue weighted by molar-refractivity contribution is 6.04. The van der Waals surface area contributed by atoms with E-state index in [1.54, 1.807) is 24.8 Å². The number of hydrogen-bond donors (Lipinski definition) is 2. The molecule has 164 valence electrons. The predicted molar refractivity (Wildman–Crippen MR) is 113 cm³/mol. The number of benzene rings is 1. The molecule has 2 aliphatic rings. The Kier molecular flexibility index (Phi) is 5.28. The first-order chi connectivity index (χ1) is 14.7. The zero-order valence-electron chi connectivity index (χ0n) is 17.8. The van der Waals surface area contributed by atoms with Crippen molar-refractivity contribution < 1.29 is 18.8 Å². The minimum Gasteiger partial charge on any atom is -0.364 e. The second kappa shape index (κ2) is 7.79. The summed E-state index contributed by atoms with van der Waals surface area (Å²) in [5, 5.41) is 7.46. The van der Waals surface area contributed by atoms with E-state index in [9.17, 15) is 18.8 Å². The summed E-state index contributed by atoms with van der Waals surface area (Å²) in [5.41, 5.74) is 7.67. The minimum atomic E-state index is -0.665. The number of nitrogens with one attached hydrogen (secondary N) is 1. The van der Waals surface area contributed by atoms with E-state index in [-0.39, 0.29) is 42.5 Å². The molecule has 31 heavy (non-hydrogen) atoms. The standard InChI is InChI=1S/C22H26FN5O3/c1-11(2)15(23)9-25-22(31)18-8-13-7-16(13)28(18)19(29)10-27-17-6-12(3)4-5-14(17)20(26-27)21(24)30/h4-6,13,16,18H,7-10H2,1-3H3,(H2,24,30)(H,25,31)/t13-,16-,18+/m1/s1. The molecule has 3 atom stereocenters. The van der Waals surface area contributed by atoms with Gasteiger partial charge in [0, 0.05) is 11.4 Å². The number of aryl methyl sites for hydroxylation is 1. The number of carbonyl (C=O) groups is 3. The van der Waals surface area contributed by atoms with Crippen LogP contribution in [0, 0.1) is 12.8 Å². The van der Waals surface area contributed by atoms with Crippen LogP contribution in [0.25, 0.3) is 10.9 Å². The molecule has 9 heteroatoms. The fraction of sp³-hybridized carbons (Fsp3) is 0.455. The number of primary amides is 1. The molecule has 3 amide bonds. The molecular formula is C22H26FN5O3. The Morgan fingerprint density at radius 1 is 1.26 bits per heavy atom. The van der Waals surface area contributed by atoms with Gasteiger partial charge in [-0.05, 0) is 56.7 Å². The van der Waals surface area contributed by atoms with Gasteiger partial charge in [0.05, 0.1) is 12.1 Å². The first-order valence-corrected chi connectivity index (χ1v) is 10.3. The lowest BCUT2D eigenvalue weighted by Gasteiger charge is -2.27. The fourth-order valence-corrected chi connectivity index (χ4v) is 4.30. The summed E-state index contributed by atoms with van der Waals surface area (Å²) in [6.45, 7) is 4.89. The van der Waals surface area contributed by atoms with Crippen molar-refractivity contribution in [1.82, 2.24) is 20.0 Å². The summed E-state index contributed by atoms with van der Waals surface area (Å²) < 4.78 is 15.3. The molecule has 1 saturated carbocycles. The molecule has 1 aliphatic heterocycles. The van der Waals surface area contributed by atoms with Gasteiger partial charge in [-0.2, -0.15) is 5.10 Å². The Morgan fingerprint density at radius 3 is 2.68 bits per heavy atom. The third-order valence-electron chi connectivity index (χ3n) is 6.08. The van der Waals surface area contributed by atoms with E-state index >= 15 is 0 Å². The van der Waals surface area contributed by atoms with Crippen LogP contribution in [-0.4, -0.2) is 51.0 Å². The van der Waals surface area contributed by atoms with Gasteiger partial charge >= 0.3 is 0 Å². The lowest BCUT2D eigenvalue weighted by Crippen LogP contribution is -2.49. The Morgan fingerprint density at radius 2 is 2.00 bits per heavy atom. The van der Waals surface area contributed by atoms with Crippen molar-refractivity contribution in [2.24, 2.45) is 11.7 Å². The van der Waals surface area contributed by atoms with E-state index in [1.165, 1.54) is 4.68 Å². The molecule has 0 unspecified atom stereocenters. The van der Waals surface area contributed by atoms with E-state index in [4.69, 9.17) is 5.73 Å². The van der Waals surface area contributed by atoms with Gasteiger partial charge in [0.2, 0.25) is 11.8 Å². The van der Waals surface area contributed by atoms with Crippen LogP contribution < -0.4 is 11.1 Å². The molecule has 2 heterocycles. The molecule has 4 rings (SSSR count). The molecular weight excluding hydrogens is 401 g/mol. The van der Waals surface area contributed by atoms with Crippen molar-refractivity contribution in [2.45, 2.75) is 52.2 Å². The summed E-state index contributed by atoms with van der Waals surface area (Å²) in [7, 11) is 0. The zero-order chi connectivity index (χ0) is 22.4. The second-order valence-electron chi connectivity index (χ2n) is 8.63. The number of aromatic nitrogens is 2. The van der Waals surface area contributed by atoms with Crippen LogP contribution >= 0.6 is 0 Å². The molecule has 2 aromatic rings. The molecule has 3 N–H and O–H groups in total. The Labute approximate surface area is 179 Å². The van der Waals surface area contributed by atoms with Crippen molar-refractivity contribution in [3.8, 4) is 0 Å². The molecule has 1 aliphatic carbocycles. The number of amides is 3. The van der Waals surface area contributed by atoms with Gasteiger partial charge in [-0.25, -0.2) is 4.39 Å². The Bertz CT molecular complexity index is 1120. The average molecular weight is 427 g/mol. The van der Waals surface area contributed by atoms with Gasteiger partial charge < -0.3 is 16.0 Å². The molecule has 1 saturated heterocycles. The van der Waals surface area contributed by atoms with Gasteiger partial charge in [0.15, 0.2) is 5.69 Å². The van der Waals surface area contributed by atoms with E-state index in [1.807, 2.05) is 19.1 Å². The molecule has 1 aromatic carbocycles. The number of fused-ring (bicyclic) bond motifs is 2. The summed E-state index contributed by atoms with van der Waals surface area (Å²) in [6, 6.07) is 4.86. The Balaban J connectivity index is 1.55. The summed E-state index contributed by atoms with van der Waals surface area (Å²) in [6.07, 6.45) is 1.44. The molecule has 0 radical (unpaired) electrons. The fourth-order valence-electron chi connectivity index (χ4n) is 4.30. The van der Waals surface area contributed by atoms with E-state index in [0.717, 1.165) is 12.0 Å². The largest absolute Gasteiger partial charge is 0.364 e. The van der Waals surface area contributed by atoms with Crippen molar-refractivity contribution in [3.63, 3.8) is 0 Å². The normalized spacial score (nSPS) is 21.7. The van der Waals surface area contributed by atoms with Crippen molar-refractivity contribution in [1.29, 1.82) is 0 Å². The maximum absolute atomic E-state index is 13.8. The second-order valence-corrected chi connectivity index (χ2v) is 8.63. The number of nitrogens with zero attached hydrogens (tertiary/aromatic N) is 3.